The molecule has 0 aliphatic carbocycles. The van der Waals surface area contributed by atoms with E-state index in [1.807, 2.05) is 12.4 Å². The van der Waals surface area contributed by atoms with E-state index in [0.29, 0.717) is 11.7 Å². The number of hydrogen-bond acceptors (Lipinski definition) is 3. The number of amidine groups is 1. The molecule has 64 valence electrons. The number of nitriles is 1. The van der Waals surface area contributed by atoms with Gasteiger partial charge in [-0.25, -0.2) is 0 Å². The van der Waals surface area contributed by atoms with Crippen molar-refractivity contribution in [1.82, 2.24) is 5.32 Å². The van der Waals surface area contributed by atoms with Crippen molar-refractivity contribution in [1.29, 1.82) is 5.26 Å². The van der Waals surface area contributed by atoms with Crippen LogP contribution in [-0.2, 0) is 0 Å². The van der Waals surface area contributed by atoms with Crippen molar-refractivity contribution < 1.29 is 0 Å². The van der Waals surface area contributed by atoms with Gasteiger partial charge in [0, 0.05) is 6.42 Å². The molecule has 0 radical (unpaired) electrons. The topological polar surface area (TPSA) is 48.2 Å². The SMILES string of the molecule is CC#CCCN=C(NC#N)SC. The molecule has 12 heavy (non-hydrogen) atoms. The zero-order chi connectivity index (χ0) is 9.23. The van der Waals surface area contributed by atoms with E-state index in [-0.39, 0.29) is 0 Å². The van der Waals surface area contributed by atoms with Gasteiger partial charge in [0.05, 0.1) is 6.54 Å². The molecule has 0 aliphatic heterocycles. The van der Waals surface area contributed by atoms with Crippen molar-refractivity contribution in [2.75, 3.05) is 12.8 Å². The minimum absolute atomic E-state index is 0.645. The van der Waals surface area contributed by atoms with Crippen LogP contribution in [0.3, 0.4) is 0 Å². The molecule has 0 saturated carbocycles. The van der Waals surface area contributed by atoms with Crippen molar-refractivity contribution in [2.45, 2.75) is 13.3 Å². The Morgan fingerprint density at radius 1 is 1.67 bits per heavy atom. The molecule has 0 aromatic carbocycles. The summed E-state index contributed by atoms with van der Waals surface area (Å²) in [6, 6.07) is 0. The zero-order valence-electron chi connectivity index (χ0n) is 7.22. The molecule has 0 atom stereocenters. The van der Waals surface area contributed by atoms with Gasteiger partial charge >= 0.3 is 0 Å². The Labute approximate surface area is 77.3 Å². The summed E-state index contributed by atoms with van der Waals surface area (Å²) in [4.78, 5) is 4.11. The van der Waals surface area contributed by atoms with Gasteiger partial charge in [-0.3, -0.25) is 10.3 Å². The maximum atomic E-state index is 8.29. The second-order valence-corrected chi connectivity index (χ2v) is 2.60. The average molecular weight is 181 g/mol. The van der Waals surface area contributed by atoms with Gasteiger partial charge in [-0.15, -0.1) is 11.8 Å². The van der Waals surface area contributed by atoms with Crippen LogP contribution in [0.5, 0.6) is 0 Å². The van der Waals surface area contributed by atoms with Gasteiger partial charge in [0.15, 0.2) is 11.4 Å². The third kappa shape index (κ3) is 5.64. The summed E-state index contributed by atoms with van der Waals surface area (Å²) in [6.45, 7) is 2.44. The lowest BCUT2D eigenvalue weighted by molar-refractivity contribution is 1.02. The minimum atomic E-state index is 0.645. The molecule has 4 heteroatoms. The summed E-state index contributed by atoms with van der Waals surface area (Å²) >= 11 is 1.42. The average Bonchev–Trinajstić information content (AvgIpc) is 2.10. The monoisotopic (exact) mass is 181 g/mol. The molecule has 0 rings (SSSR count). The molecule has 3 nitrogen and oxygen atoms in total. The van der Waals surface area contributed by atoms with Gasteiger partial charge in [0.25, 0.3) is 0 Å². The summed E-state index contributed by atoms with van der Waals surface area (Å²) in [5.74, 6) is 5.67. The van der Waals surface area contributed by atoms with Gasteiger partial charge in [-0.05, 0) is 13.2 Å². The highest BCUT2D eigenvalue weighted by Crippen LogP contribution is 1.94. The second-order valence-electron chi connectivity index (χ2n) is 1.80. The smallest absolute Gasteiger partial charge is 0.183 e. The summed E-state index contributed by atoms with van der Waals surface area (Å²) in [7, 11) is 0. The maximum absolute atomic E-state index is 8.29. The summed E-state index contributed by atoms with van der Waals surface area (Å²) < 4.78 is 0. The Morgan fingerprint density at radius 3 is 2.92 bits per heavy atom. The lowest BCUT2D eigenvalue weighted by Crippen LogP contribution is -2.13. The van der Waals surface area contributed by atoms with Gasteiger partial charge in [0.1, 0.15) is 0 Å². The first-order chi connectivity index (χ1) is 5.85. The largest absolute Gasteiger partial charge is 0.272 e. The van der Waals surface area contributed by atoms with Crippen LogP contribution in [0.4, 0.5) is 0 Å². The third-order valence-corrected chi connectivity index (χ3v) is 1.64. The van der Waals surface area contributed by atoms with Gasteiger partial charge in [-0.2, -0.15) is 5.26 Å². The van der Waals surface area contributed by atoms with Crippen LogP contribution in [0.15, 0.2) is 4.99 Å². The van der Waals surface area contributed by atoms with Gasteiger partial charge in [0.2, 0.25) is 0 Å². The van der Waals surface area contributed by atoms with E-state index >= 15 is 0 Å². The molecule has 0 aliphatic rings. The fraction of sp³-hybridized carbons (Fsp3) is 0.500. The van der Waals surface area contributed by atoms with E-state index in [1.54, 1.807) is 6.92 Å². The number of nitrogens with one attached hydrogen (secondary N) is 1. The number of nitrogens with zero attached hydrogens (tertiary/aromatic N) is 2. The highest BCUT2D eigenvalue weighted by atomic mass is 32.2. The molecule has 0 aromatic rings. The Hall–Kier alpha value is -1.13. The maximum Gasteiger partial charge on any atom is 0.183 e. The predicted molar refractivity (Wildman–Crippen MR) is 52.6 cm³/mol. The summed E-state index contributed by atoms with van der Waals surface area (Å²) in [6.07, 6.45) is 4.44. The van der Waals surface area contributed by atoms with E-state index in [2.05, 4.69) is 22.2 Å². The van der Waals surface area contributed by atoms with E-state index < -0.39 is 0 Å². The van der Waals surface area contributed by atoms with Gasteiger partial charge < -0.3 is 0 Å². The van der Waals surface area contributed by atoms with Crippen molar-refractivity contribution in [3.63, 3.8) is 0 Å². The first-order valence-electron chi connectivity index (χ1n) is 3.48. The molecule has 0 amide bonds. The molecule has 0 spiro atoms. The molecule has 0 unspecified atom stereocenters. The van der Waals surface area contributed by atoms with Crippen molar-refractivity contribution >= 4 is 16.9 Å². The highest BCUT2D eigenvalue weighted by Gasteiger charge is 1.91. The molecule has 0 saturated heterocycles. The van der Waals surface area contributed by atoms with E-state index in [0.717, 1.165) is 6.42 Å². The molecular weight excluding hydrogens is 170 g/mol. The van der Waals surface area contributed by atoms with Crippen LogP contribution >= 0.6 is 11.8 Å². The molecule has 0 bridgehead atoms. The summed E-state index contributed by atoms with van der Waals surface area (Å²) in [5, 5.41) is 11.4. The Balaban J connectivity index is 3.76. The second kappa shape index (κ2) is 7.97. The van der Waals surface area contributed by atoms with Gasteiger partial charge in [-0.1, -0.05) is 11.8 Å². The number of rotatable bonds is 2. The van der Waals surface area contributed by atoms with Crippen molar-refractivity contribution in [3.8, 4) is 18.0 Å². The zero-order valence-corrected chi connectivity index (χ0v) is 8.03. The molecule has 1 N–H and O–H groups in total. The van der Waals surface area contributed by atoms with E-state index in [9.17, 15) is 0 Å². The number of aliphatic imine (C=N–C) groups is 1. The number of hydrogen-bond donors (Lipinski definition) is 1. The van der Waals surface area contributed by atoms with E-state index in [1.165, 1.54) is 11.8 Å². The fourth-order valence-corrected chi connectivity index (χ4v) is 0.909. The van der Waals surface area contributed by atoms with Crippen LogP contribution in [0.1, 0.15) is 13.3 Å². The van der Waals surface area contributed by atoms with Crippen LogP contribution in [0.25, 0.3) is 0 Å². The Morgan fingerprint density at radius 2 is 2.42 bits per heavy atom. The van der Waals surface area contributed by atoms with Crippen LogP contribution in [0, 0.1) is 23.3 Å². The molecule has 0 fully saturated rings. The standard InChI is InChI=1S/C8H11N3S/c1-3-4-5-6-10-8(12-2)11-7-9/h5-6H2,1-2H3,(H,10,11). The predicted octanol–water partition coefficient (Wildman–Crippen LogP) is 1.19. The normalized spacial score (nSPS) is 9.58. The van der Waals surface area contributed by atoms with E-state index in [4.69, 9.17) is 5.26 Å². The molecule has 0 aromatic heterocycles. The Kier molecular flexibility index (Phi) is 7.22. The Bertz CT molecular complexity index is 241. The van der Waals surface area contributed by atoms with Crippen LogP contribution < -0.4 is 5.32 Å². The van der Waals surface area contributed by atoms with Crippen LogP contribution in [0.2, 0.25) is 0 Å². The molecular formula is C8H11N3S. The lowest BCUT2D eigenvalue weighted by atomic mass is 10.4. The first kappa shape index (κ1) is 10.9. The minimum Gasteiger partial charge on any atom is -0.272 e. The fourth-order valence-electron chi connectivity index (χ4n) is 0.541. The third-order valence-electron chi connectivity index (χ3n) is 1.03. The highest BCUT2D eigenvalue weighted by molar-refractivity contribution is 8.13. The van der Waals surface area contributed by atoms with Crippen LogP contribution in [-0.4, -0.2) is 18.0 Å². The molecule has 0 heterocycles. The van der Waals surface area contributed by atoms with Crippen molar-refractivity contribution in [3.05, 3.63) is 0 Å². The quantitative estimate of drug-likeness (QED) is 0.174. The summed E-state index contributed by atoms with van der Waals surface area (Å²) in [5.41, 5.74) is 0. The first-order valence-corrected chi connectivity index (χ1v) is 4.70. The number of thioether (sulfide) groups is 1. The van der Waals surface area contributed by atoms with Crippen molar-refractivity contribution in [2.24, 2.45) is 4.99 Å². The lowest BCUT2D eigenvalue weighted by Gasteiger charge is -1.96.